The van der Waals surface area contributed by atoms with E-state index in [0.717, 1.165) is 22.3 Å². The number of hydrogen-bond donors (Lipinski definition) is 2. The van der Waals surface area contributed by atoms with Gasteiger partial charge in [0.2, 0.25) is 0 Å². The number of hydrogen-bond acceptors (Lipinski definition) is 5. The molecule has 0 fully saturated rings. The maximum atomic E-state index is 5.72. The maximum absolute atomic E-state index is 5.72. The molecule has 2 aromatic rings. The Labute approximate surface area is 111 Å². The Hall–Kier alpha value is -1.75. The van der Waals surface area contributed by atoms with Gasteiger partial charge in [-0.15, -0.1) is 11.3 Å². The Morgan fingerprint density at radius 1 is 1.39 bits per heavy atom. The van der Waals surface area contributed by atoms with Crippen molar-refractivity contribution in [2.45, 2.75) is 19.8 Å². The fourth-order valence-corrected chi connectivity index (χ4v) is 2.42. The smallest absolute Gasteiger partial charge is 0.187 e. The molecular formula is C13H17N3OS. The lowest BCUT2D eigenvalue weighted by molar-refractivity contribution is 0.417. The lowest BCUT2D eigenvalue weighted by atomic mass is 10.2. The molecule has 0 aliphatic rings. The van der Waals surface area contributed by atoms with Crippen LogP contribution in [0.3, 0.4) is 0 Å². The van der Waals surface area contributed by atoms with Crippen molar-refractivity contribution < 1.29 is 4.74 Å². The van der Waals surface area contributed by atoms with Crippen LogP contribution in [0.4, 0.5) is 16.5 Å². The van der Waals surface area contributed by atoms with Crippen LogP contribution in [0.5, 0.6) is 5.75 Å². The second-order valence-corrected chi connectivity index (χ2v) is 5.18. The molecule has 0 saturated carbocycles. The number of methoxy groups -OCH3 is 1. The molecule has 18 heavy (non-hydrogen) atoms. The summed E-state index contributed by atoms with van der Waals surface area (Å²) >= 11 is 1.59. The fraction of sp³-hybridized carbons (Fsp3) is 0.308. The average molecular weight is 263 g/mol. The zero-order valence-electron chi connectivity index (χ0n) is 10.7. The van der Waals surface area contributed by atoms with Crippen LogP contribution >= 0.6 is 11.3 Å². The first-order chi connectivity index (χ1) is 8.60. The van der Waals surface area contributed by atoms with Crippen LogP contribution in [0, 0.1) is 0 Å². The molecule has 0 atom stereocenters. The van der Waals surface area contributed by atoms with Crippen molar-refractivity contribution in [1.29, 1.82) is 0 Å². The number of nitrogens with zero attached hydrogens (tertiary/aromatic N) is 1. The van der Waals surface area contributed by atoms with Gasteiger partial charge < -0.3 is 15.8 Å². The fourth-order valence-electron chi connectivity index (χ4n) is 1.54. The largest absolute Gasteiger partial charge is 0.494 e. The Morgan fingerprint density at radius 2 is 2.17 bits per heavy atom. The first-order valence-corrected chi connectivity index (χ1v) is 6.64. The molecule has 0 radical (unpaired) electrons. The molecule has 0 aliphatic heterocycles. The molecule has 1 heterocycles. The molecule has 4 nitrogen and oxygen atoms in total. The molecular weight excluding hydrogens is 246 g/mol. The topological polar surface area (TPSA) is 60.2 Å². The van der Waals surface area contributed by atoms with Crippen LogP contribution < -0.4 is 15.8 Å². The van der Waals surface area contributed by atoms with E-state index in [0.29, 0.717) is 11.6 Å². The number of aromatic nitrogens is 1. The Kier molecular flexibility index (Phi) is 3.72. The summed E-state index contributed by atoms with van der Waals surface area (Å²) in [7, 11) is 1.63. The summed E-state index contributed by atoms with van der Waals surface area (Å²) in [6.07, 6.45) is 0. The van der Waals surface area contributed by atoms with E-state index in [4.69, 9.17) is 10.5 Å². The van der Waals surface area contributed by atoms with Crippen LogP contribution in [0.25, 0.3) is 0 Å². The molecule has 1 aromatic carbocycles. The van der Waals surface area contributed by atoms with Crippen molar-refractivity contribution in [1.82, 2.24) is 4.98 Å². The lowest BCUT2D eigenvalue weighted by Gasteiger charge is -2.09. The Bertz CT molecular complexity index is 537. The molecule has 0 spiro atoms. The lowest BCUT2D eigenvalue weighted by Crippen LogP contribution is -1.96. The van der Waals surface area contributed by atoms with E-state index in [1.807, 2.05) is 12.1 Å². The van der Waals surface area contributed by atoms with Gasteiger partial charge in [0, 0.05) is 17.1 Å². The van der Waals surface area contributed by atoms with Crippen LogP contribution in [-0.2, 0) is 0 Å². The third-order valence-corrected chi connectivity index (χ3v) is 3.36. The highest BCUT2D eigenvalue weighted by molar-refractivity contribution is 7.13. The number of rotatable bonds is 4. The van der Waals surface area contributed by atoms with Gasteiger partial charge in [-0.2, -0.15) is 0 Å². The maximum Gasteiger partial charge on any atom is 0.187 e. The van der Waals surface area contributed by atoms with E-state index in [-0.39, 0.29) is 0 Å². The molecule has 0 aliphatic carbocycles. The normalized spacial score (nSPS) is 10.7. The third kappa shape index (κ3) is 2.73. The van der Waals surface area contributed by atoms with Crippen molar-refractivity contribution in [2.75, 3.05) is 18.2 Å². The highest BCUT2D eigenvalue weighted by atomic mass is 32.1. The molecule has 96 valence electrons. The number of anilines is 3. The van der Waals surface area contributed by atoms with Gasteiger partial charge in [0.1, 0.15) is 5.75 Å². The summed E-state index contributed by atoms with van der Waals surface area (Å²) < 4.78 is 5.29. The van der Waals surface area contributed by atoms with Gasteiger partial charge in [0.25, 0.3) is 0 Å². The van der Waals surface area contributed by atoms with E-state index >= 15 is 0 Å². The van der Waals surface area contributed by atoms with Crippen LogP contribution in [0.2, 0.25) is 0 Å². The second kappa shape index (κ2) is 5.27. The predicted molar refractivity (Wildman–Crippen MR) is 76.9 cm³/mol. The quantitative estimate of drug-likeness (QED) is 0.827. The minimum Gasteiger partial charge on any atom is -0.494 e. The number of thiazole rings is 1. The molecule has 3 N–H and O–H groups in total. The van der Waals surface area contributed by atoms with Gasteiger partial charge in [0.15, 0.2) is 5.13 Å². The van der Waals surface area contributed by atoms with Crippen LogP contribution in [-0.4, -0.2) is 12.1 Å². The predicted octanol–water partition coefficient (Wildman–Crippen LogP) is 3.60. The van der Waals surface area contributed by atoms with E-state index in [1.165, 1.54) is 0 Å². The van der Waals surface area contributed by atoms with E-state index < -0.39 is 0 Å². The zero-order chi connectivity index (χ0) is 13.1. The van der Waals surface area contributed by atoms with Crippen molar-refractivity contribution in [3.05, 3.63) is 29.3 Å². The minimum atomic E-state index is 0.435. The van der Waals surface area contributed by atoms with Gasteiger partial charge >= 0.3 is 0 Å². The third-order valence-electron chi connectivity index (χ3n) is 2.58. The summed E-state index contributed by atoms with van der Waals surface area (Å²) in [6, 6.07) is 5.52. The molecule has 0 saturated heterocycles. The summed E-state index contributed by atoms with van der Waals surface area (Å²) in [5.41, 5.74) is 8.37. The SMILES string of the molecule is COc1cc(N)ccc1Nc1nc(C(C)C)cs1. The van der Waals surface area contributed by atoms with Gasteiger partial charge in [-0.25, -0.2) is 4.98 Å². The molecule has 5 heteroatoms. The van der Waals surface area contributed by atoms with Crippen molar-refractivity contribution >= 4 is 27.8 Å². The van der Waals surface area contributed by atoms with E-state index in [2.05, 4.69) is 29.5 Å². The number of nitrogen functional groups attached to an aromatic ring is 1. The highest BCUT2D eigenvalue weighted by Crippen LogP contribution is 2.31. The number of nitrogens with one attached hydrogen (secondary N) is 1. The average Bonchev–Trinajstić information content (AvgIpc) is 2.80. The van der Waals surface area contributed by atoms with Gasteiger partial charge in [-0.3, -0.25) is 0 Å². The summed E-state index contributed by atoms with van der Waals surface area (Å²) in [5.74, 6) is 1.15. The monoisotopic (exact) mass is 263 g/mol. The second-order valence-electron chi connectivity index (χ2n) is 4.32. The first-order valence-electron chi connectivity index (χ1n) is 5.76. The molecule has 0 unspecified atom stereocenters. The molecule has 0 bridgehead atoms. The van der Waals surface area contributed by atoms with E-state index in [9.17, 15) is 0 Å². The standard InChI is InChI=1S/C13H17N3OS/c1-8(2)11-7-18-13(16-11)15-10-5-4-9(14)6-12(10)17-3/h4-8H,14H2,1-3H3,(H,15,16). The van der Waals surface area contributed by atoms with Crippen molar-refractivity contribution in [3.8, 4) is 5.75 Å². The highest BCUT2D eigenvalue weighted by Gasteiger charge is 2.08. The number of benzene rings is 1. The minimum absolute atomic E-state index is 0.435. The van der Waals surface area contributed by atoms with Crippen molar-refractivity contribution in [3.63, 3.8) is 0 Å². The summed E-state index contributed by atoms with van der Waals surface area (Å²) in [4.78, 5) is 4.52. The van der Waals surface area contributed by atoms with Crippen LogP contribution in [0.15, 0.2) is 23.6 Å². The van der Waals surface area contributed by atoms with Crippen molar-refractivity contribution in [2.24, 2.45) is 0 Å². The molecule has 1 aromatic heterocycles. The van der Waals surface area contributed by atoms with Gasteiger partial charge in [-0.05, 0) is 18.1 Å². The first kappa shape index (κ1) is 12.7. The number of nitrogens with two attached hydrogens (primary N) is 1. The summed E-state index contributed by atoms with van der Waals surface area (Å²) in [5, 5.41) is 6.18. The molecule has 0 amide bonds. The molecule has 2 rings (SSSR count). The van der Waals surface area contributed by atoms with Gasteiger partial charge in [0.05, 0.1) is 18.5 Å². The Balaban J connectivity index is 2.22. The van der Waals surface area contributed by atoms with Gasteiger partial charge in [-0.1, -0.05) is 13.8 Å². The number of ether oxygens (including phenoxy) is 1. The zero-order valence-corrected chi connectivity index (χ0v) is 11.5. The Morgan fingerprint density at radius 3 is 2.78 bits per heavy atom. The summed E-state index contributed by atoms with van der Waals surface area (Å²) in [6.45, 7) is 4.26. The van der Waals surface area contributed by atoms with E-state index in [1.54, 1.807) is 24.5 Å². The van der Waals surface area contributed by atoms with Crippen LogP contribution in [0.1, 0.15) is 25.5 Å².